The summed E-state index contributed by atoms with van der Waals surface area (Å²) < 4.78 is 16.5. The molecule has 2 aromatic rings. The van der Waals surface area contributed by atoms with E-state index in [1.165, 1.54) is 5.56 Å². The molecule has 2 aromatic carbocycles. The second kappa shape index (κ2) is 8.93. The normalized spacial score (nSPS) is 25.3. The van der Waals surface area contributed by atoms with Crippen LogP contribution in [0.2, 0.25) is 0 Å². The Morgan fingerprint density at radius 1 is 1.03 bits per heavy atom. The van der Waals surface area contributed by atoms with Crippen LogP contribution < -0.4 is 14.2 Å². The molecule has 2 unspecified atom stereocenters. The summed E-state index contributed by atoms with van der Waals surface area (Å²) in [4.78, 5) is 2.57. The van der Waals surface area contributed by atoms with Crippen LogP contribution in [0.5, 0.6) is 17.2 Å². The number of nitrogens with zero attached hydrogens (tertiary/aromatic N) is 1. The SMILES string of the molecule is C=CCc1cc(CN2C3CCC2CC(O)(c2ccc(OC)cc2)C3)cc(OC)c1OC. The van der Waals surface area contributed by atoms with Gasteiger partial charge < -0.3 is 19.3 Å². The molecule has 4 rings (SSSR count). The Labute approximate surface area is 185 Å². The van der Waals surface area contributed by atoms with Crippen LogP contribution in [0, 0.1) is 0 Å². The molecule has 2 heterocycles. The summed E-state index contributed by atoms with van der Waals surface area (Å²) in [6.07, 6.45) is 6.37. The molecule has 2 saturated heterocycles. The van der Waals surface area contributed by atoms with Gasteiger partial charge in [-0.2, -0.15) is 0 Å². The molecule has 5 heteroatoms. The van der Waals surface area contributed by atoms with E-state index in [1.54, 1.807) is 21.3 Å². The highest BCUT2D eigenvalue weighted by atomic mass is 16.5. The van der Waals surface area contributed by atoms with E-state index in [9.17, 15) is 5.11 Å². The van der Waals surface area contributed by atoms with Gasteiger partial charge in [-0.05, 0) is 61.4 Å². The third kappa shape index (κ3) is 4.17. The van der Waals surface area contributed by atoms with Gasteiger partial charge in [0.2, 0.25) is 0 Å². The molecule has 0 aromatic heterocycles. The molecule has 166 valence electrons. The average molecular weight is 424 g/mol. The summed E-state index contributed by atoms with van der Waals surface area (Å²) in [6.45, 7) is 4.73. The van der Waals surface area contributed by atoms with E-state index in [-0.39, 0.29) is 0 Å². The molecule has 2 fully saturated rings. The fraction of sp³-hybridized carbons (Fsp3) is 0.462. The van der Waals surface area contributed by atoms with Gasteiger partial charge in [-0.25, -0.2) is 0 Å². The van der Waals surface area contributed by atoms with Crippen molar-refractivity contribution in [3.05, 3.63) is 65.7 Å². The number of piperidine rings is 1. The zero-order valence-electron chi connectivity index (χ0n) is 18.8. The van der Waals surface area contributed by atoms with Crippen molar-refractivity contribution in [2.75, 3.05) is 21.3 Å². The summed E-state index contributed by atoms with van der Waals surface area (Å²) in [6, 6.07) is 12.9. The number of aliphatic hydroxyl groups is 1. The molecular formula is C26H33NO4. The summed E-state index contributed by atoms with van der Waals surface area (Å²) in [7, 11) is 5.02. The van der Waals surface area contributed by atoms with Crippen LogP contribution in [0.1, 0.15) is 42.4 Å². The van der Waals surface area contributed by atoms with Crippen LogP contribution in [0.4, 0.5) is 0 Å². The Bertz CT molecular complexity index is 910. The van der Waals surface area contributed by atoms with Gasteiger partial charge in [0, 0.05) is 24.2 Å². The van der Waals surface area contributed by atoms with E-state index in [0.29, 0.717) is 12.1 Å². The number of hydrogen-bond donors (Lipinski definition) is 1. The van der Waals surface area contributed by atoms with E-state index < -0.39 is 5.60 Å². The lowest BCUT2D eigenvalue weighted by Gasteiger charge is -2.44. The molecule has 0 saturated carbocycles. The van der Waals surface area contributed by atoms with Gasteiger partial charge >= 0.3 is 0 Å². The molecule has 2 atom stereocenters. The zero-order chi connectivity index (χ0) is 22.0. The molecule has 2 bridgehead atoms. The molecule has 31 heavy (non-hydrogen) atoms. The maximum Gasteiger partial charge on any atom is 0.164 e. The van der Waals surface area contributed by atoms with Crippen molar-refractivity contribution in [3.63, 3.8) is 0 Å². The van der Waals surface area contributed by atoms with Crippen LogP contribution in [0.3, 0.4) is 0 Å². The highest BCUT2D eigenvalue weighted by Gasteiger charge is 2.48. The van der Waals surface area contributed by atoms with Crippen molar-refractivity contribution in [2.24, 2.45) is 0 Å². The maximum absolute atomic E-state index is 11.5. The minimum absolute atomic E-state index is 0.363. The molecule has 2 aliphatic heterocycles. The van der Waals surface area contributed by atoms with Crippen molar-refractivity contribution in [2.45, 2.75) is 56.3 Å². The zero-order valence-corrected chi connectivity index (χ0v) is 18.8. The van der Waals surface area contributed by atoms with Gasteiger partial charge in [0.1, 0.15) is 5.75 Å². The molecular weight excluding hydrogens is 390 g/mol. The van der Waals surface area contributed by atoms with Crippen molar-refractivity contribution < 1.29 is 19.3 Å². The molecule has 0 aliphatic carbocycles. The lowest BCUT2D eigenvalue weighted by Crippen LogP contribution is -2.49. The average Bonchev–Trinajstić information content (AvgIpc) is 3.02. The monoisotopic (exact) mass is 423 g/mol. The maximum atomic E-state index is 11.5. The van der Waals surface area contributed by atoms with Gasteiger partial charge in [0.05, 0.1) is 26.9 Å². The summed E-state index contributed by atoms with van der Waals surface area (Å²) in [5, 5.41) is 11.5. The Morgan fingerprint density at radius 3 is 2.26 bits per heavy atom. The number of ether oxygens (including phenoxy) is 3. The summed E-state index contributed by atoms with van der Waals surface area (Å²) in [5.74, 6) is 2.36. The van der Waals surface area contributed by atoms with Crippen LogP contribution in [-0.4, -0.2) is 43.4 Å². The van der Waals surface area contributed by atoms with Gasteiger partial charge in [-0.3, -0.25) is 4.90 Å². The van der Waals surface area contributed by atoms with Crippen LogP contribution in [0.15, 0.2) is 49.1 Å². The minimum atomic E-state index is -0.778. The second-order valence-electron chi connectivity index (χ2n) is 8.71. The second-order valence-corrected chi connectivity index (χ2v) is 8.71. The highest BCUT2D eigenvalue weighted by molar-refractivity contribution is 5.50. The first-order valence-corrected chi connectivity index (χ1v) is 11.0. The third-order valence-corrected chi connectivity index (χ3v) is 6.89. The smallest absolute Gasteiger partial charge is 0.164 e. The van der Waals surface area contributed by atoms with E-state index in [2.05, 4.69) is 23.6 Å². The molecule has 2 aliphatic rings. The van der Waals surface area contributed by atoms with Crippen molar-refractivity contribution in [1.29, 1.82) is 0 Å². The number of fused-ring (bicyclic) bond motifs is 2. The predicted octanol–water partition coefficient (Wildman–Crippen LogP) is 4.46. The molecule has 0 spiro atoms. The van der Waals surface area contributed by atoms with E-state index >= 15 is 0 Å². The van der Waals surface area contributed by atoms with Gasteiger partial charge in [0.15, 0.2) is 11.5 Å². The molecule has 1 N–H and O–H groups in total. The van der Waals surface area contributed by atoms with Crippen molar-refractivity contribution in [1.82, 2.24) is 4.90 Å². The minimum Gasteiger partial charge on any atom is -0.497 e. The molecule has 0 amide bonds. The molecule has 5 nitrogen and oxygen atoms in total. The number of benzene rings is 2. The van der Waals surface area contributed by atoms with Crippen LogP contribution in [0.25, 0.3) is 0 Å². The fourth-order valence-corrected chi connectivity index (χ4v) is 5.43. The van der Waals surface area contributed by atoms with Gasteiger partial charge in [-0.1, -0.05) is 24.3 Å². The largest absolute Gasteiger partial charge is 0.497 e. The summed E-state index contributed by atoms with van der Waals surface area (Å²) in [5.41, 5.74) is 2.51. The van der Waals surface area contributed by atoms with Crippen LogP contribution >= 0.6 is 0 Å². The quantitative estimate of drug-likeness (QED) is 0.636. The van der Waals surface area contributed by atoms with E-state index in [1.807, 2.05) is 30.3 Å². The predicted molar refractivity (Wildman–Crippen MR) is 122 cm³/mol. The van der Waals surface area contributed by atoms with E-state index in [4.69, 9.17) is 14.2 Å². The first-order chi connectivity index (χ1) is 15.0. The lowest BCUT2D eigenvalue weighted by atomic mass is 9.80. The third-order valence-electron chi connectivity index (χ3n) is 6.89. The van der Waals surface area contributed by atoms with E-state index in [0.717, 1.165) is 67.0 Å². The lowest BCUT2D eigenvalue weighted by molar-refractivity contribution is -0.0595. The van der Waals surface area contributed by atoms with Crippen LogP contribution in [-0.2, 0) is 18.6 Å². The standard InChI is InChI=1S/C26H33NO4/c1-5-6-19-13-18(14-24(30-3)25(19)31-4)17-27-21-9-10-22(27)16-26(28,15-21)20-7-11-23(29-2)12-8-20/h5,7-8,11-14,21-22,28H,1,6,9-10,15-17H2,2-4H3. The Morgan fingerprint density at radius 2 is 1.71 bits per heavy atom. The Hall–Kier alpha value is -2.50. The van der Waals surface area contributed by atoms with Crippen molar-refractivity contribution >= 4 is 0 Å². The van der Waals surface area contributed by atoms with Crippen molar-refractivity contribution in [3.8, 4) is 17.2 Å². The van der Waals surface area contributed by atoms with Gasteiger partial charge in [0.25, 0.3) is 0 Å². The summed E-state index contributed by atoms with van der Waals surface area (Å²) >= 11 is 0. The van der Waals surface area contributed by atoms with Gasteiger partial charge in [-0.15, -0.1) is 6.58 Å². The Kier molecular flexibility index (Phi) is 6.26. The topological polar surface area (TPSA) is 51.2 Å². The number of hydrogen-bond acceptors (Lipinski definition) is 5. The molecule has 0 radical (unpaired) electrons. The first kappa shape index (κ1) is 21.7. The fourth-order valence-electron chi connectivity index (χ4n) is 5.43. The Balaban J connectivity index is 1.55. The first-order valence-electron chi connectivity index (χ1n) is 11.0. The number of rotatable bonds is 8. The number of methoxy groups -OCH3 is 3. The highest BCUT2D eigenvalue weighted by Crippen LogP contribution is 2.47. The number of allylic oxidation sites excluding steroid dienone is 1.